The molecule has 2 aromatic heterocycles. The summed E-state index contributed by atoms with van der Waals surface area (Å²) >= 11 is 5.96. The molecule has 2 heterocycles. The Morgan fingerprint density at radius 2 is 1.87 bits per heavy atom. The molecule has 0 atom stereocenters. The van der Waals surface area contributed by atoms with Crippen molar-refractivity contribution in [2.24, 2.45) is 5.73 Å². The zero-order chi connectivity index (χ0) is 22.1. The number of carbonyl (C=O) groups is 1. The van der Waals surface area contributed by atoms with Crippen molar-refractivity contribution in [3.8, 4) is 23.1 Å². The van der Waals surface area contributed by atoms with Crippen LogP contribution < -0.4 is 21.5 Å². The maximum atomic E-state index is 12.3. The number of amides is 1. The van der Waals surface area contributed by atoms with Crippen molar-refractivity contribution in [1.82, 2.24) is 14.6 Å². The fraction of sp³-hybridized carbons (Fsp3) is 0.0476. The van der Waals surface area contributed by atoms with Gasteiger partial charge in [-0.05, 0) is 36.4 Å². The number of rotatable bonds is 5. The van der Waals surface area contributed by atoms with Crippen LogP contribution in [-0.2, 0) is 0 Å². The number of primary amides is 1. The monoisotopic (exact) mass is 433 g/mol. The number of halogens is 1. The van der Waals surface area contributed by atoms with E-state index in [0.29, 0.717) is 27.7 Å². The first-order valence-corrected chi connectivity index (χ1v) is 9.40. The van der Waals surface area contributed by atoms with E-state index in [0.717, 1.165) is 0 Å². The van der Waals surface area contributed by atoms with Crippen molar-refractivity contribution in [3.63, 3.8) is 0 Å². The van der Waals surface area contributed by atoms with Crippen LogP contribution in [0.5, 0.6) is 5.75 Å². The smallest absolute Gasteiger partial charge is 0.256 e. The average molecular weight is 434 g/mol. The predicted octanol–water partition coefficient (Wildman–Crippen LogP) is 3.35. The highest BCUT2D eigenvalue weighted by atomic mass is 35.5. The first-order valence-electron chi connectivity index (χ1n) is 9.02. The fourth-order valence-corrected chi connectivity index (χ4v) is 3.25. The SMILES string of the molecule is COc1ccc(Nc2nn3c(N)c(C#N)c(-c4ccc(Cl)cc4)nc3c2C(N)=O)cc1. The standard InChI is InChI=1S/C21H16ClN7O2/c1-31-14-8-6-13(7-9-14)26-20-16(19(25)30)21-27-17(11-2-4-12(22)5-3-11)15(10-23)18(24)29(21)28-20/h2-9H,24H2,1H3,(H2,25,30)(H,26,28). The van der Waals surface area contributed by atoms with Crippen LogP contribution >= 0.6 is 11.6 Å². The van der Waals surface area contributed by atoms with Gasteiger partial charge >= 0.3 is 0 Å². The molecule has 31 heavy (non-hydrogen) atoms. The quantitative estimate of drug-likeness (QED) is 0.437. The summed E-state index contributed by atoms with van der Waals surface area (Å²) in [6.07, 6.45) is 0. The Morgan fingerprint density at radius 1 is 1.19 bits per heavy atom. The molecule has 0 aliphatic rings. The van der Waals surface area contributed by atoms with Gasteiger partial charge < -0.3 is 21.5 Å². The fourth-order valence-electron chi connectivity index (χ4n) is 3.12. The maximum absolute atomic E-state index is 12.3. The van der Waals surface area contributed by atoms with Gasteiger partial charge in [-0.15, -0.1) is 5.10 Å². The summed E-state index contributed by atoms with van der Waals surface area (Å²) < 4.78 is 6.37. The number of nitrogens with two attached hydrogens (primary N) is 2. The number of hydrogen-bond donors (Lipinski definition) is 3. The van der Waals surface area contributed by atoms with Gasteiger partial charge in [-0.3, -0.25) is 4.79 Å². The van der Waals surface area contributed by atoms with Crippen LogP contribution in [0.3, 0.4) is 0 Å². The minimum atomic E-state index is -0.746. The van der Waals surface area contributed by atoms with Gasteiger partial charge in [0.05, 0.1) is 12.8 Å². The first-order chi connectivity index (χ1) is 14.9. The molecule has 4 rings (SSSR count). The van der Waals surface area contributed by atoms with Gasteiger partial charge in [-0.2, -0.15) is 9.78 Å². The Hall–Kier alpha value is -4.29. The van der Waals surface area contributed by atoms with Crippen molar-refractivity contribution < 1.29 is 9.53 Å². The molecular formula is C21H16ClN7O2. The number of benzene rings is 2. The number of nitrogens with zero attached hydrogens (tertiary/aromatic N) is 4. The first kappa shape index (κ1) is 20.0. The van der Waals surface area contributed by atoms with Crippen molar-refractivity contribution in [2.45, 2.75) is 0 Å². The highest BCUT2D eigenvalue weighted by Crippen LogP contribution is 2.31. The van der Waals surface area contributed by atoms with Crippen LogP contribution in [0.2, 0.25) is 5.02 Å². The number of fused-ring (bicyclic) bond motifs is 1. The van der Waals surface area contributed by atoms with Crippen LogP contribution in [0.25, 0.3) is 16.9 Å². The molecule has 0 spiro atoms. The maximum Gasteiger partial charge on any atom is 0.256 e. The van der Waals surface area contributed by atoms with E-state index in [-0.39, 0.29) is 28.4 Å². The summed E-state index contributed by atoms with van der Waals surface area (Å²) in [7, 11) is 1.56. The largest absolute Gasteiger partial charge is 0.497 e. The molecule has 0 saturated heterocycles. The molecule has 10 heteroatoms. The van der Waals surface area contributed by atoms with Crippen molar-refractivity contribution >= 4 is 40.5 Å². The molecule has 2 aromatic carbocycles. The van der Waals surface area contributed by atoms with E-state index < -0.39 is 5.91 Å². The zero-order valence-corrected chi connectivity index (χ0v) is 17.0. The minimum Gasteiger partial charge on any atom is -0.497 e. The Balaban J connectivity index is 1.92. The number of methoxy groups -OCH3 is 1. The lowest BCUT2D eigenvalue weighted by Crippen LogP contribution is -2.14. The Morgan fingerprint density at radius 3 is 2.45 bits per heavy atom. The molecule has 0 aliphatic heterocycles. The Kier molecular flexibility index (Phi) is 5.07. The average Bonchev–Trinajstić information content (AvgIpc) is 3.13. The van der Waals surface area contributed by atoms with E-state index >= 15 is 0 Å². The third-order valence-corrected chi connectivity index (χ3v) is 4.88. The molecule has 0 fully saturated rings. The second-order valence-corrected chi connectivity index (χ2v) is 6.95. The molecule has 5 N–H and O–H groups in total. The lowest BCUT2D eigenvalue weighted by molar-refractivity contribution is 0.100. The van der Waals surface area contributed by atoms with Gasteiger partial charge in [0.15, 0.2) is 11.5 Å². The molecule has 0 saturated carbocycles. The normalized spacial score (nSPS) is 10.6. The minimum absolute atomic E-state index is 0.0303. The summed E-state index contributed by atoms with van der Waals surface area (Å²) in [6.45, 7) is 0. The number of anilines is 3. The van der Waals surface area contributed by atoms with E-state index in [1.165, 1.54) is 4.52 Å². The third kappa shape index (κ3) is 3.56. The van der Waals surface area contributed by atoms with Crippen LogP contribution in [-0.4, -0.2) is 27.6 Å². The molecule has 1 amide bonds. The van der Waals surface area contributed by atoms with E-state index in [4.69, 9.17) is 27.8 Å². The molecule has 9 nitrogen and oxygen atoms in total. The van der Waals surface area contributed by atoms with Crippen molar-refractivity contribution in [1.29, 1.82) is 5.26 Å². The van der Waals surface area contributed by atoms with E-state index in [9.17, 15) is 10.1 Å². The van der Waals surface area contributed by atoms with Gasteiger partial charge in [0.25, 0.3) is 5.91 Å². The van der Waals surface area contributed by atoms with Crippen LogP contribution in [0, 0.1) is 11.3 Å². The van der Waals surface area contributed by atoms with Gasteiger partial charge in [0.2, 0.25) is 0 Å². The van der Waals surface area contributed by atoms with E-state index in [2.05, 4.69) is 21.5 Å². The summed E-state index contributed by atoms with van der Waals surface area (Å²) in [4.78, 5) is 16.8. The van der Waals surface area contributed by atoms with Crippen molar-refractivity contribution in [2.75, 3.05) is 18.2 Å². The molecule has 4 aromatic rings. The summed E-state index contributed by atoms with van der Waals surface area (Å²) in [6, 6.07) is 15.8. The highest BCUT2D eigenvalue weighted by Gasteiger charge is 2.24. The number of nitriles is 1. The number of nitrogen functional groups attached to an aromatic ring is 1. The second kappa shape index (κ2) is 7.85. The number of aromatic nitrogens is 3. The van der Waals surface area contributed by atoms with Crippen LogP contribution in [0.15, 0.2) is 48.5 Å². The topological polar surface area (TPSA) is 144 Å². The molecule has 0 radical (unpaired) electrons. The molecule has 0 unspecified atom stereocenters. The van der Waals surface area contributed by atoms with Gasteiger partial charge in [-0.25, -0.2) is 4.98 Å². The molecule has 0 aliphatic carbocycles. The molecule has 154 valence electrons. The highest BCUT2D eigenvalue weighted by molar-refractivity contribution is 6.30. The Labute approximate surface area is 181 Å². The summed E-state index contributed by atoms with van der Waals surface area (Å²) in [5.74, 6) is 0.120. The third-order valence-electron chi connectivity index (χ3n) is 4.63. The van der Waals surface area contributed by atoms with Gasteiger partial charge in [0, 0.05) is 16.3 Å². The summed E-state index contributed by atoms with van der Waals surface area (Å²) in [5.41, 5.74) is 13.7. The van der Waals surface area contributed by atoms with Crippen LogP contribution in [0.4, 0.5) is 17.3 Å². The van der Waals surface area contributed by atoms with Crippen LogP contribution in [0.1, 0.15) is 15.9 Å². The summed E-state index contributed by atoms with van der Waals surface area (Å²) in [5, 5.41) is 17.6. The molecular weight excluding hydrogens is 418 g/mol. The number of hydrogen-bond acceptors (Lipinski definition) is 7. The second-order valence-electron chi connectivity index (χ2n) is 6.52. The zero-order valence-electron chi connectivity index (χ0n) is 16.3. The number of ether oxygens (including phenoxy) is 1. The van der Waals surface area contributed by atoms with E-state index in [1.54, 1.807) is 55.6 Å². The molecule has 0 bridgehead atoms. The van der Waals surface area contributed by atoms with E-state index in [1.807, 2.05) is 0 Å². The number of carbonyl (C=O) groups excluding carboxylic acids is 1. The number of nitrogens with one attached hydrogen (secondary N) is 1. The Bertz CT molecular complexity index is 1340. The van der Waals surface area contributed by atoms with Gasteiger partial charge in [0.1, 0.15) is 28.8 Å². The lowest BCUT2D eigenvalue weighted by atomic mass is 10.1. The van der Waals surface area contributed by atoms with Crippen molar-refractivity contribution in [3.05, 3.63) is 64.7 Å². The predicted molar refractivity (Wildman–Crippen MR) is 117 cm³/mol. The lowest BCUT2D eigenvalue weighted by Gasteiger charge is -2.08. The van der Waals surface area contributed by atoms with Gasteiger partial charge in [-0.1, -0.05) is 23.7 Å².